The molecule has 6 heteroatoms. The van der Waals surface area contributed by atoms with E-state index in [4.69, 9.17) is 9.47 Å². The van der Waals surface area contributed by atoms with Gasteiger partial charge < -0.3 is 19.7 Å². The first-order valence-electron chi connectivity index (χ1n) is 7.42. The van der Waals surface area contributed by atoms with Crippen LogP contribution in [0.25, 0.3) is 0 Å². The maximum atomic E-state index is 11.9. The van der Waals surface area contributed by atoms with Gasteiger partial charge in [-0.1, -0.05) is 12.1 Å². The molecule has 0 radical (unpaired) electrons. The zero-order chi connectivity index (χ0) is 15.9. The number of ether oxygens (including phenoxy) is 2. The third kappa shape index (κ3) is 4.73. The Hall–Kier alpha value is -2.08. The molecule has 1 aliphatic rings. The van der Waals surface area contributed by atoms with Crippen molar-refractivity contribution >= 4 is 11.8 Å². The number of hydrogen-bond acceptors (Lipinski definition) is 4. The van der Waals surface area contributed by atoms with Gasteiger partial charge in [0.05, 0.1) is 19.1 Å². The number of morpholine rings is 1. The zero-order valence-electron chi connectivity index (χ0n) is 13.0. The van der Waals surface area contributed by atoms with Crippen LogP contribution in [0.1, 0.15) is 12.5 Å². The van der Waals surface area contributed by atoms with Crippen LogP contribution in [0.5, 0.6) is 5.75 Å². The van der Waals surface area contributed by atoms with E-state index < -0.39 is 0 Å². The lowest BCUT2D eigenvalue weighted by molar-refractivity contribution is -0.146. The molecule has 2 rings (SSSR count). The number of hydrogen-bond donors (Lipinski definition) is 1. The maximum absolute atomic E-state index is 11.9. The minimum Gasteiger partial charge on any atom is -0.494 e. The van der Waals surface area contributed by atoms with E-state index in [2.05, 4.69) is 5.32 Å². The summed E-state index contributed by atoms with van der Waals surface area (Å²) in [5.74, 6) is 0.708. The van der Waals surface area contributed by atoms with Gasteiger partial charge in [-0.05, 0) is 24.6 Å². The van der Waals surface area contributed by atoms with E-state index in [-0.39, 0.29) is 24.5 Å². The van der Waals surface area contributed by atoms with Gasteiger partial charge in [0.2, 0.25) is 11.8 Å². The van der Waals surface area contributed by atoms with Gasteiger partial charge in [-0.15, -0.1) is 0 Å². The Morgan fingerprint density at radius 2 is 2.14 bits per heavy atom. The first-order chi connectivity index (χ1) is 10.6. The number of carbonyl (C=O) groups is 2. The SMILES string of the molecule is CCOc1ccc(CC(=O)NCC2CN(C)C(=O)CO2)cc1. The second kappa shape index (κ2) is 7.79. The minimum absolute atomic E-state index is 0.0306. The molecule has 1 atom stereocenters. The summed E-state index contributed by atoms with van der Waals surface area (Å²) in [4.78, 5) is 24.8. The van der Waals surface area contributed by atoms with Crippen LogP contribution in [0.15, 0.2) is 24.3 Å². The predicted octanol–water partition coefficient (Wildman–Crippen LogP) is 0.601. The maximum Gasteiger partial charge on any atom is 0.248 e. The van der Waals surface area contributed by atoms with E-state index in [0.717, 1.165) is 11.3 Å². The zero-order valence-corrected chi connectivity index (χ0v) is 13.0. The van der Waals surface area contributed by atoms with Crippen molar-refractivity contribution < 1.29 is 19.1 Å². The Kier molecular flexibility index (Phi) is 5.77. The average Bonchev–Trinajstić information content (AvgIpc) is 2.51. The van der Waals surface area contributed by atoms with Crippen LogP contribution in [-0.2, 0) is 20.7 Å². The molecule has 6 nitrogen and oxygen atoms in total. The predicted molar refractivity (Wildman–Crippen MR) is 81.7 cm³/mol. The Morgan fingerprint density at radius 1 is 1.41 bits per heavy atom. The molecule has 0 bridgehead atoms. The van der Waals surface area contributed by atoms with Gasteiger partial charge in [0.15, 0.2) is 0 Å². The molecule has 0 aromatic heterocycles. The number of amides is 2. The fourth-order valence-electron chi connectivity index (χ4n) is 2.23. The van der Waals surface area contributed by atoms with Crippen LogP contribution >= 0.6 is 0 Å². The first-order valence-corrected chi connectivity index (χ1v) is 7.42. The van der Waals surface area contributed by atoms with Crippen LogP contribution in [0, 0.1) is 0 Å². The average molecular weight is 306 g/mol. The summed E-state index contributed by atoms with van der Waals surface area (Å²) in [5.41, 5.74) is 0.929. The van der Waals surface area contributed by atoms with Gasteiger partial charge in [-0.2, -0.15) is 0 Å². The number of benzene rings is 1. The molecular weight excluding hydrogens is 284 g/mol. The molecule has 1 heterocycles. The van der Waals surface area contributed by atoms with Crippen molar-refractivity contribution in [3.05, 3.63) is 29.8 Å². The van der Waals surface area contributed by atoms with E-state index >= 15 is 0 Å². The molecule has 0 spiro atoms. The fraction of sp³-hybridized carbons (Fsp3) is 0.500. The monoisotopic (exact) mass is 306 g/mol. The van der Waals surface area contributed by atoms with Crippen molar-refractivity contribution in [1.82, 2.24) is 10.2 Å². The van der Waals surface area contributed by atoms with E-state index in [0.29, 0.717) is 26.1 Å². The number of carbonyl (C=O) groups excluding carboxylic acids is 2. The molecular formula is C16H22N2O4. The van der Waals surface area contributed by atoms with E-state index in [9.17, 15) is 9.59 Å². The van der Waals surface area contributed by atoms with Gasteiger partial charge in [0, 0.05) is 20.1 Å². The molecule has 1 aromatic carbocycles. The number of likely N-dealkylation sites (N-methyl/N-ethyl adjacent to an activating group) is 1. The molecule has 0 aliphatic carbocycles. The van der Waals surface area contributed by atoms with Crippen molar-refractivity contribution in [3.8, 4) is 5.75 Å². The largest absolute Gasteiger partial charge is 0.494 e. The summed E-state index contributed by atoms with van der Waals surface area (Å²) in [6.07, 6.45) is 0.167. The Morgan fingerprint density at radius 3 is 2.77 bits per heavy atom. The molecule has 0 saturated carbocycles. The smallest absolute Gasteiger partial charge is 0.248 e. The van der Waals surface area contributed by atoms with E-state index in [1.165, 1.54) is 0 Å². The highest BCUT2D eigenvalue weighted by atomic mass is 16.5. The van der Waals surface area contributed by atoms with Gasteiger partial charge in [-0.25, -0.2) is 0 Å². The summed E-state index contributed by atoms with van der Waals surface area (Å²) in [6, 6.07) is 7.48. The number of rotatable bonds is 6. The van der Waals surface area contributed by atoms with Crippen LogP contribution in [0.2, 0.25) is 0 Å². The number of nitrogens with one attached hydrogen (secondary N) is 1. The molecule has 1 aromatic rings. The van der Waals surface area contributed by atoms with Crippen molar-refractivity contribution in [2.75, 3.05) is 33.4 Å². The molecule has 22 heavy (non-hydrogen) atoms. The third-order valence-electron chi connectivity index (χ3n) is 3.47. The van der Waals surface area contributed by atoms with Crippen molar-refractivity contribution in [2.45, 2.75) is 19.4 Å². The second-order valence-corrected chi connectivity index (χ2v) is 5.27. The van der Waals surface area contributed by atoms with Crippen molar-refractivity contribution in [2.24, 2.45) is 0 Å². The summed E-state index contributed by atoms with van der Waals surface area (Å²) >= 11 is 0. The molecule has 1 saturated heterocycles. The molecule has 120 valence electrons. The lowest BCUT2D eigenvalue weighted by atomic mass is 10.1. The van der Waals surface area contributed by atoms with Crippen LogP contribution < -0.4 is 10.1 Å². The first kappa shape index (κ1) is 16.3. The normalized spacial score (nSPS) is 18.2. The fourth-order valence-corrected chi connectivity index (χ4v) is 2.23. The summed E-state index contributed by atoms with van der Waals surface area (Å²) in [5, 5.41) is 2.84. The highest BCUT2D eigenvalue weighted by molar-refractivity contribution is 5.79. The Labute approximate surface area is 130 Å². The lowest BCUT2D eigenvalue weighted by Crippen LogP contribution is -2.48. The molecule has 1 aliphatic heterocycles. The highest BCUT2D eigenvalue weighted by Crippen LogP contribution is 2.12. The van der Waals surface area contributed by atoms with Crippen molar-refractivity contribution in [1.29, 1.82) is 0 Å². The van der Waals surface area contributed by atoms with Gasteiger partial charge in [-0.3, -0.25) is 9.59 Å². The standard InChI is InChI=1S/C16H22N2O4/c1-3-21-13-6-4-12(5-7-13)8-15(19)17-9-14-10-18(2)16(20)11-22-14/h4-7,14H,3,8-11H2,1-2H3,(H,17,19). The summed E-state index contributed by atoms with van der Waals surface area (Å²) < 4.78 is 10.7. The van der Waals surface area contributed by atoms with Crippen LogP contribution in [0.4, 0.5) is 0 Å². The molecule has 1 fully saturated rings. The van der Waals surface area contributed by atoms with Crippen LogP contribution in [-0.4, -0.2) is 56.2 Å². The van der Waals surface area contributed by atoms with Gasteiger partial charge in [0.1, 0.15) is 12.4 Å². The van der Waals surface area contributed by atoms with Gasteiger partial charge in [0.25, 0.3) is 0 Å². The molecule has 2 amide bonds. The Balaban J connectivity index is 1.74. The minimum atomic E-state index is -0.146. The Bertz CT molecular complexity index is 515. The molecule has 1 N–H and O–H groups in total. The van der Waals surface area contributed by atoms with E-state index in [1.807, 2.05) is 31.2 Å². The lowest BCUT2D eigenvalue weighted by Gasteiger charge is -2.29. The number of nitrogens with zero attached hydrogens (tertiary/aromatic N) is 1. The second-order valence-electron chi connectivity index (χ2n) is 5.27. The topological polar surface area (TPSA) is 67.9 Å². The van der Waals surface area contributed by atoms with Crippen LogP contribution in [0.3, 0.4) is 0 Å². The quantitative estimate of drug-likeness (QED) is 0.836. The van der Waals surface area contributed by atoms with Crippen molar-refractivity contribution in [3.63, 3.8) is 0 Å². The highest BCUT2D eigenvalue weighted by Gasteiger charge is 2.23. The summed E-state index contributed by atoms with van der Waals surface area (Å²) in [6.45, 7) is 3.55. The van der Waals surface area contributed by atoms with Gasteiger partial charge >= 0.3 is 0 Å². The molecule has 1 unspecified atom stereocenters. The van der Waals surface area contributed by atoms with E-state index in [1.54, 1.807) is 11.9 Å². The summed E-state index contributed by atoms with van der Waals surface area (Å²) in [7, 11) is 1.74. The third-order valence-corrected chi connectivity index (χ3v) is 3.47.